The molecule has 0 aromatic heterocycles. The van der Waals surface area contributed by atoms with E-state index in [1.54, 1.807) is 6.92 Å². The lowest BCUT2D eigenvalue weighted by Crippen LogP contribution is -1.97. The van der Waals surface area contributed by atoms with E-state index in [1.165, 1.54) is 18.4 Å². The second-order valence-corrected chi connectivity index (χ2v) is 3.42. The van der Waals surface area contributed by atoms with E-state index in [2.05, 4.69) is 6.07 Å². The number of carbonyl (C=O) groups excluding carboxylic acids is 1. The van der Waals surface area contributed by atoms with Crippen LogP contribution in [0.4, 0.5) is 0 Å². The van der Waals surface area contributed by atoms with Crippen molar-refractivity contribution in [3.8, 4) is 0 Å². The van der Waals surface area contributed by atoms with Crippen molar-refractivity contribution in [2.24, 2.45) is 0 Å². The largest absolute Gasteiger partial charge is 0.295 e. The Balaban J connectivity index is 2.43. The molecule has 12 heavy (non-hydrogen) atoms. The highest BCUT2D eigenvalue weighted by atomic mass is 16.1. The molecular formula is C11H12O. The van der Waals surface area contributed by atoms with Gasteiger partial charge >= 0.3 is 0 Å². The predicted molar refractivity (Wildman–Crippen MR) is 48.4 cm³/mol. The lowest BCUT2D eigenvalue weighted by atomic mass is 10.0. The summed E-state index contributed by atoms with van der Waals surface area (Å²) in [4.78, 5) is 11.2. The first-order chi connectivity index (χ1) is 5.79. The maximum atomic E-state index is 11.2. The minimum absolute atomic E-state index is 0.192. The van der Waals surface area contributed by atoms with E-state index in [0.29, 0.717) is 5.92 Å². The van der Waals surface area contributed by atoms with Gasteiger partial charge in [-0.2, -0.15) is 0 Å². The third-order valence-corrected chi connectivity index (χ3v) is 2.36. The molecule has 62 valence electrons. The van der Waals surface area contributed by atoms with E-state index in [9.17, 15) is 4.79 Å². The van der Waals surface area contributed by atoms with Gasteiger partial charge in [-0.1, -0.05) is 24.3 Å². The van der Waals surface area contributed by atoms with Crippen molar-refractivity contribution >= 4 is 5.78 Å². The van der Waals surface area contributed by atoms with Gasteiger partial charge in [0, 0.05) is 5.56 Å². The molecule has 1 aromatic carbocycles. The minimum Gasteiger partial charge on any atom is -0.295 e. The molecule has 0 atom stereocenters. The SMILES string of the molecule is CC(=O)c1ccccc1C1CC1. The van der Waals surface area contributed by atoms with Crippen molar-refractivity contribution in [1.82, 2.24) is 0 Å². The van der Waals surface area contributed by atoms with Crippen LogP contribution >= 0.6 is 0 Å². The summed E-state index contributed by atoms with van der Waals surface area (Å²) in [5.41, 5.74) is 2.17. The van der Waals surface area contributed by atoms with Crippen molar-refractivity contribution < 1.29 is 4.79 Å². The van der Waals surface area contributed by atoms with Crippen LogP contribution in [-0.2, 0) is 0 Å². The summed E-state index contributed by atoms with van der Waals surface area (Å²) in [6, 6.07) is 7.95. The third-order valence-electron chi connectivity index (χ3n) is 2.36. The Morgan fingerprint density at radius 1 is 1.33 bits per heavy atom. The molecular weight excluding hydrogens is 148 g/mol. The molecule has 0 amide bonds. The summed E-state index contributed by atoms with van der Waals surface area (Å²) in [6.45, 7) is 1.64. The van der Waals surface area contributed by atoms with Crippen LogP contribution < -0.4 is 0 Å². The molecule has 1 heteroatoms. The summed E-state index contributed by atoms with van der Waals surface area (Å²) >= 11 is 0. The molecule has 1 aliphatic carbocycles. The number of hydrogen-bond donors (Lipinski definition) is 0. The molecule has 1 saturated carbocycles. The number of ketones is 1. The molecule has 0 N–H and O–H groups in total. The fraction of sp³-hybridized carbons (Fsp3) is 0.364. The van der Waals surface area contributed by atoms with Gasteiger partial charge in [-0.25, -0.2) is 0 Å². The molecule has 0 bridgehead atoms. The maximum Gasteiger partial charge on any atom is 0.160 e. The van der Waals surface area contributed by atoms with Crippen LogP contribution in [0.2, 0.25) is 0 Å². The van der Waals surface area contributed by atoms with Crippen LogP contribution in [-0.4, -0.2) is 5.78 Å². The van der Waals surface area contributed by atoms with Crippen LogP contribution in [0.15, 0.2) is 24.3 Å². The highest BCUT2D eigenvalue weighted by molar-refractivity contribution is 5.95. The third kappa shape index (κ3) is 1.27. The molecule has 0 saturated heterocycles. The highest BCUT2D eigenvalue weighted by Crippen LogP contribution is 2.41. The molecule has 0 unspecified atom stereocenters. The maximum absolute atomic E-state index is 11.2. The number of rotatable bonds is 2. The number of benzene rings is 1. The van der Waals surface area contributed by atoms with Gasteiger partial charge in [-0.3, -0.25) is 4.79 Å². The standard InChI is InChI=1S/C11H12O/c1-8(12)10-4-2-3-5-11(10)9-6-7-9/h2-5,9H,6-7H2,1H3. The lowest BCUT2D eigenvalue weighted by Gasteiger charge is -2.03. The Kier molecular flexibility index (Phi) is 1.72. The summed E-state index contributed by atoms with van der Waals surface area (Å²) < 4.78 is 0. The quantitative estimate of drug-likeness (QED) is 0.608. The topological polar surface area (TPSA) is 17.1 Å². The number of hydrogen-bond acceptors (Lipinski definition) is 1. The minimum atomic E-state index is 0.192. The molecule has 0 aliphatic heterocycles. The summed E-state index contributed by atoms with van der Waals surface area (Å²) in [6.07, 6.45) is 2.51. The zero-order valence-electron chi connectivity index (χ0n) is 7.21. The van der Waals surface area contributed by atoms with Crippen LogP contribution in [0.3, 0.4) is 0 Å². The van der Waals surface area contributed by atoms with Crippen molar-refractivity contribution in [1.29, 1.82) is 0 Å². The second kappa shape index (κ2) is 2.74. The molecule has 1 fully saturated rings. The number of carbonyl (C=O) groups is 1. The smallest absolute Gasteiger partial charge is 0.160 e. The first kappa shape index (κ1) is 7.53. The zero-order valence-corrected chi connectivity index (χ0v) is 7.21. The average molecular weight is 160 g/mol. The summed E-state index contributed by atoms with van der Waals surface area (Å²) in [7, 11) is 0. The van der Waals surface area contributed by atoms with Crippen LogP contribution in [0.25, 0.3) is 0 Å². The summed E-state index contributed by atoms with van der Waals surface area (Å²) in [5.74, 6) is 0.864. The average Bonchev–Trinajstić information content (AvgIpc) is 2.87. The Morgan fingerprint density at radius 2 is 2.00 bits per heavy atom. The van der Waals surface area contributed by atoms with Crippen molar-refractivity contribution in [3.63, 3.8) is 0 Å². The molecule has 0 radical (unpaired) electrons. The van der Waals surface area contributed by atoms with E-state index in [-0.39, 0.29) is 5.78 Å². The Hall–Kier alpha value is -1.11. The van der Waals surface area contributed by atoms with Gasteiger partial charge in [0.15, 0.2) is 5.78 Å². The van der Waals surface area contributed by atoms with E-state index in [0.717, 1.165) is 5.56 Å². The zero-order chi connectivity index (χ0) is 8.55. The normalized spacial score (nSPS) is 16.1. The fourth-order valence-electron chi connectivity index (χ4n) is 1.57. The van der Waals surface area contributed by atoms with Crippen LogP contribution in [0.1, 0.15) is 41.6 Å². The van der Waals surface area contributed by atoms with Crippen LogP contribution in [0.5, 0.6) is 0 Å². The highest BCUT2D eigenvalue weighted by Gasteiger charge is 2.26. The first-order valence-electron chi connectivity index (χ1n) is 4.39. The predicted octanol–water partition coefficient (Wildman–Crippen LogP) is 2.77. The van der Waals surface area contributed by atoms with E-state index >= 15 is 0 Å². The van der Waals surface area contributed by atoms with Crippen LogP contribution in [0, 0.1) is 0 Å². The monoisotopic (exact) mass is 160 g/mol. The second-order valence-electron chi connectivity index (χ2n) is 3.42. The van der Waals surface area contributed by atoms with Gasteiger partial charge in [-0.15, -0.1) is 0 Å². The molecule has 0 heterocycles. The molecule has 1 nitrogen and oxygen atoms in total. The fourth-order valence-corrected chi connectivity index (χ4v) is 1.57. The van der Waals surface area contributed by atoms with Gasteiger partial charge < -0.3 is 0 Å². The first-order valence-corrected chi connectivity index (χ1v) is 4.39. The molecule has 0 spiro atoms. The summed E-state index contributed by atoms with van der Waals surface area (Å²) in [5, 5.41) is 0. The van der Waals surface area contributed by atoms with Gasteiger partial charge in [0.05, 0.1) is 0 Å². The molecule has 2 rings (SSSR count). The molecule has 1 aliphatic rings. The van der Waals surface area contributed by atoms with Crippen molar-refractivity contribution in [2.45, 2.75) is 25.7 Å². The lowest BCUT2D eigenvalue weighted by molar-refractivity contribution is 0.101. The van der Waals surface area contributed by atoms with Crippen molar-refractivity contribution in [2.75, 3.05) is 0 Å². The van der Waals surface area contributed by atoms with Gasteiger partial charge in [0.2, 0.25) is 0 Å². The van der Waals surface area contributed by atoms with Gasteiger partial charge in [0.25, 0.3) is 0 Å². The van der Waals surface area contributed by atoms with Crippen molar-refractivity contribution in [3.05, 3.63) is 35.4 Å². The van der Waals surface area contributed by atoms with E-state index in [4.69, 9.17) is 0 Å². The number of Topliss-reactive ketones (excluding diaryl/α,β-unsaturated/α-hetero) is 1. The van der Waals surface area contributed by atoms with Gasteiger partial charge in [-0.05, 0) is 31.2 Å². The Bertz CT molecular complexity index is 311. The van der Waals surface area contributed by atoms with Gasteiger partial charge in [0.1, 0.15) is 0 Å². The Morgan fingerprint density at radius 3 is 2.58 bits per heavy atom. The Labute approximate surface area is 72.4 Å². The van der Waals surface area contributed by atoms with E-state index in [1.807, 2.05) is 18.2 Å². The molecule has 1 aromatic rings. The van der Waals surface area contributed by atoms with E-state index < -0.39 is 0 Å².